The van der Waals surface area contributed by atoms with Gasteiger partial charge in [-0.25, -0.2) is 0 Å². The number of nitrogens with one attached hydrogen (secondary N) is 1. The number of hydrogen-bond donors (Lipinski definition) is 1. The van der Waals surface area contributed by atoms with Crippen LogP contribution in [-0.2, 0) is 0 Å². The summed E-state index contributed by atoms with van der Waals surface area (Å²) in [7, 11) is 0. The second-order valence-corrected chi connectivity index (χ2v) is 1.59. The summed E-state index contributed by atoms with van der Waals surface area (Å²) in [5, 5.41) is 6.19. The smallest absolute Gasteiger partial charge is 0.123 e. The highest BCUT2D eigenvalue weighted by Gasteiger charge is 1.60. The average Bonchev–Trinajstić information content (AvgIpc) is 2.57. The minimum absolute atomic E-state index is 0.809. The highest BCUT2D eigenvalue weighted by molar-refractivity contribution is 4.74. The number of aromatic nitrogens is 1. The van der Waals surface area contributed by atoms with Crippen molar-refractivity contribution < 1.29 is 4.52 Å². The highest BCUT2D eigenvalue weighted by atomic mass is 16.5. The van der Waals surface area contributed by atoms with Crippen LogP contribution >= 0.6 is 0 Å². The van der Waals surface area contributed by atoms with Crippen molar-refractivity contribution in [2.75, 3.05) is 6.54 Å². The predicted octanol–water partition coefficient (Wildman–Crippen LogP) is 1.58. The Morgan fingerprint density at radius 1 is 1.55 bits per heavy atom. The van der Waals surface area contributed by atoms with Crippen molar-refractivity contribution in [3.05, 3.63) is 44.0 Å². The largest absolute Gasteiger partial charge is 0.388 e. The Balaban J connectivity index is 0.000000183. The van der Waals surface area contributed by atoms with Crippen molar-refractivity contribution in [3.8, 4) is 0 Å². The fourth-order valence-corrected chi connectivity index (χ4v) is 0.342. The van der Waals surface area contributed by atoms with E-state index in [0.29, 0.717) is 0 Å². The van der Waals surface area contributed by atoms with E-state index in [-0.39, 0.29) is 0 Å². The van der Waals surface area contributed by atoms with E-state index in [1.807, 2.05) is 0 Å². The summed E-state index contributed by atoms with van der Waals surface area (Å²) in [5.74, 6) is 0. The molecule has 3 heteroatoms. The Kier molecular flexibility index (Phi) is 7.32. The Hall–Kier alpha value is -1.51. The standard InChI is InChI=1S/C5H9N.C3H3NO/c1-3-5-6-4-2;1-2-4-5-3-1/h3-4,6H,1-2,5H2;1-3H. The van der Waals surface area contributed by atoms with Crippen LogP contribution in [0.3, 0.4) is 0 Å². The molecule has 0 aliphatic heterocycles. The molecule has 0 aliphatic rings. The van der Waals surface area contributed by atoms with Gasteiger partial charge in [0.2, 0.25) is 0 Å². The lowest BCUT2D eigenvalue weighted by Gasteiger charge is -1.85. The van der Waals surface area contributed by atoms with Gasteiger partial charge in [0, 0.05) is 6.54 Å². The van der Waals surface area contributed by atoms with E-state index in [0.717, 1.165) is 6.54 Å². The molecule has 0 fully saturated rings. The van der Waals surface area contributed by atoms with E-state index in [1.165, 1.54) is 6.26 Å². The van der Waals surface area contributed by atoms with Gasteiger partial charge in [-0.05, 0) is 12.3 Å². The third-order valence-electron chi connectivity index (χ3n) is 0.754. The third-order valence-corrected chi connectivity index (χ3v) is 0.754. The quantitative estimate of drug-likeness (QED) is 0.528. The van der Waals surface area contributed by atoms with Gasteiger partial charge in [-0.1, -0.05) is 17.8 Å². The van der Waals surface area contributed by atoms with Gasteiger partial charge >= 0.3 is 0 Å². The van der Waals surface area contributed by atoms with E-state index < -0.39 is 0 Å². The normalized spacial score (nSPS) is 7.27. The van der Waals surface area contributed by atoms with E-state index in [9.17, 15) is 0 Å². The maximum absolute atomic E-state index is 4.33. The molecule has 0 bridgehead atoms. The first-order chi connectivity index (χ1) is 5.41. The summed E-state index contributed by atoms with van der Waals surface area (Å²) in [6, 6.07) is 1.72. The van der Waals surface area contributed by atoms with E-state index in [2.05, 4.69) is 28.2 Å². The van der Waals surface area contributed by atoms with Gasteiger partial charge in [-0.3, -0.25) is 0 Å². The fraction of sp³-hybridized carbons (Fsp3) is 0.125. The molecular formula is C8H12N2O. The summed E-state index contributed by atoms with van der Waals surface area (Å²) < 4.78 is 4.33. The fourth-order valence-electron chi connectivity index (χ4n) is 0.342. The minimum Gasteiger partial charge on any atom is -0.388 e. The molecule has 0 radical (unpaired) electrons. The molecule has 0 saturated carbocycles. The Labute approximate surface area is 66.4 Å². The summed E-state index contributed by atoms with van der Waals surface area (Å²) >= 11 is 0. The van der Waals surface area contributed by atoms with Crippen LogP contribution in [0.4, 0.5) is 0 Å². The molecule has 1 heterocycles. The van der Waals surface area contributed by atoms with Crippen LogP contribution in [0.5, 0.6) is 0 Å². The first-order valence-corrected chi connectivity index (χ1v) is 3.21. The Morgan fingerprint density at radius 3 is 2.55 bits per heavy atom. The Bertz CT molecular complexity index is 145. The first kappa shape index (κ1) is 9.49. The van der Waals surface area contributed by atoms with Crippen LogP contribution < -0.4 is 5.32 Å². The molecule has 11 heavy (non-hydrogen) atoms. The molecule has 3 nitrogen and oxygen atoms in total. The van der Waals surface area contributed by atoms with E-state index in [4.69, 9.17) is 0 Å². The van der Waals surface area contributed by atoms with Crippen molar-refractivity contribution in [1.29, 1.82) is 0 Å². The SMILES string of the molecule is C=CCNC=C.c1cnoc1. The lowest BCUT2D eigenvalue weighted by atomic mass is 10.6. The second kappa shape index (κ2) is 8.49. The molecule has 0 aromatic carbocycles. The van der Waals surface area contributed by atoms with Crippen LogP contribution in [-0.4, -0.2) is 11.7 Å². The van der Waals surface area contributed by atoms with Gasteiger partial charge in [-0.15, -0.1) is 6.58 Å². The van der Waals surface area contributed by atoms with Gasteiger partial charge < -0.3 is 9.84 Å². The molecule has 0 aliphatic carbocycles. The molecule has 60 valence electrons. The number of hydrogen-bond acceptors (Lipinski definition) is 3. The molecule has 0 unspecified atom stereocenters. The molecule has 1 N–H and O–H groups in total. The van der Waals surface area contributed by atoms with Crippen LogP contribution in [0.25, 0.3) is 0 Å². The Morgan fingerprint density at radius 2 is 2.36 bits per heavy atom. The molecule has 0 atom stereocenters. The van der Waals surface area contributed by atoms with Crippen LogP contribution in [0.2, 0.25) is 0 Å². The maximum atomic E-state index is 4.33. The van der Waals surface area contributed by atoms with Crippen molar-refractivity contribution in [2.24, 2.45) is 0 Å². The van der Waals surface area contributed by atoms with Gasteiger partial charge in [-0.2, -0.15) is 0 Å². The zero-order chi connectivity index (χ0) is 8.36. The van der Waals surface area contributed by atoms with Crippen LogP contribution in [0, 0.1) is 0 Å². The van der Waals surface area contributed by atoms with Gasteiger partial charge in [0.25, 0.3) is 0 Å². The molecule has 1 rings (SSSR count). The molecule has 0 saturated heterocycles. The molecule has 1 aromatic heterocycles. The zero-order valence-corrected chi connectivity index (χ0v) is 6.36. The van der Waals surface area contributed by atoms with Crippen molar-refractivity contribution in [3.63, 3.8) is 0 Å². The monoisotopic (exact) mass is 152 g/mol. The van der Waals surface area contributed by atoms with Gasteiger partial charge in [0.1, 0.15) is 6.26 Å². The zero-order valence-electron chi connectivity index (χ0n) is 6.36. The summed E-state index contributed by atoms with van der Waals surface area (Å²) in [6.07, 6.45) is 6.52. The first-order valence-electron chi connectivity index (χ1n) is 3.21. The summed E-state index contributed by atoms with van der Waals surface area (Å²) in [5.41, 5.74) is 0. The maximum Gasteiger partial charge on any atom is 0.123 e. The lowest BCUT2D eigenvalue weighted by Crippen LogP contribution is -2.01. The van der Waals surface area contributed by atoms with E-state index in [1.54, 1.807) is 24.5 Å². The van der Waals surface area contributed by atoms with Crippen molar-refractivity contribution >= 4 is 0 Å². The van der Waals surface area contributed by atoms with Crippen molar-refractivity contribution in [2.45, 2.75) is 0 Å². The van der Waals surface area contributed by atoms with E-state index >= 15 is 0 Å². The van der Waals surface area contributed by atoms with Crippen molar-refractivity contribution in [1.82, 2.24) is 10.5 Å². The van der Waals surface area contributed by atoms with Crippen LogP contribution in [0.15, 0.2) is 48.5 Å². The molecule has 0 amide bonds. The molecule has 1 aromatic rings. The van der Waals surface area contributed by atoms with Gasteiger partial charge in [0.15, 0.2) is 0 Å². The molecule has 0 spiro atoms. The average molecular weight is 152 g/mol. The highest BCUT2D eigenvalue weighted by Crippen LogP contribution is 1.72. The minimum atomic E-state index is 0.809. The molecular weight excluding hydrogens is 140 g/mol. The van der Waals surface area contributed by atoms with Crippen LogP contribution in [0.1, 0.15) is 0 Å². The lowest BCUT2D eigenvalue weighted by molar-refractivity contribution is 0.420. The predicted molar refractivity (Wildman–Crippen MR) is 44.9 cm³/mol. The third kappa shape index (κ3) is 8.49. The second-order valence-electron chi connectivity index (χ2n) is 1.59. The number of rotatable bonds is 3. The summed E-state index contributed by atoms with van der Waals surface area (Å²) in [6.45, 7) is 7.74. The summed E-state index contributed by atoms with van der Waals surface area (Å²) in [4.78, 5) is 0. The van der Waals surface area contributed by atoms with Gasteiger partial charge in [0.05, 0.1) is 6.20 Å². The topological polar surface area (TPSA) is 38.1 Å². The number of nitrogens with zero attached hydrogens (tertiary/aromatic N) is 1.